The van der Waals surface area contributed by atoms with E-state index in [0.29, 0.717) is 29.0 Å². The highest BCUT2D eigenvalue weighted by molar-refractivity contribution is 5.94. The topological polar surface area (TPSA) is 41.6 Å². The third kappa shape index (κ3) is 3.44. The van der Waals surface area contributed by atoms with Crippen LogP contribution < -0.4 is 10.1 Å². The van der Waals surface area contributed by atoms with E-state index in [-0.39, 0.29) is 17.8 Å². The van der Waals surface area contributed by atoms with Gasteiger partial charge in [0.15, 0.2) is 0 Å². The summed E-state index contributed by atoms with van der Waals surface area (Å²) in [6.45, 7) is 4.50. The monoisotopic (exact) mass is 354 g/mol. The fourth-order valence-electron chi connectivity index (χ4n) is 4.09. The summed E-state index contributed by atoms with van der Waals surface area (Å²) in [5, 5.41) is 3.23. The molecule has 0 aliphatic carbocycles. The highest BCUT2D eigenvalue weighted by Gasteiger charge is 2.40. The molecule has 26 heavy (non-hydrogen) atoms. The molecule has 3 aliphatic heterocycles. The third-order valence-electron chi connectivity index (χ3n) is 5.64. The number of fused-ring (bicyclic) bond motifs is 3. The summed E-state index contributed by atoms with van der Waals surface area (Å²) in [5.41, 5.74) is 0.625. The van der Waals surface area contributed by atoms with Gasteiger partial charge in [-0.3, -0.25) is 9.69 Å². The Balaban J connectivity index is 1.40. The van der Waals surface area contributed by atoms with Crippen LogP contribution >= 0.6 is 0 Å². The predicted molar refractivity (Wildman–Crippen MR) is 97.9 cm³/mol. The summed E-state index contributed by atoms with van der Waals surface area (Å²) in [6, 6.07) is 13.5. The highest BCUT2D eigenvalue weighted by atomic mass is 19.1. The van der Waals surface area contributed by atoms with E-state index in [1.807, 2.05) is 0 Å². The number of hydrogen-bond acceptors (Lipinski definition) is 3. The molecule has 3 aliphatic rings. The number of rotatable bonds is 4. The molecule has 0 aromatic heterocycles. The van der Waals surface area contributed by atoms with E-state index in [9.17, 15) is 9.18 Å². The Morgan fingerprint density at radius 3 is 2.19 bits per heavy atom. The van der Waals surface area contributed by atoms with Gasteiger partial charge < -0.3 is 10.1 Å². The van der Waals surface area contributed by atoms with Crippen molar-refractivity contribution in [2.24, 2.45) is 5.92 Å². The van der Waals surface area contributed by atoms with Crippen LogP contribution in [0.15, 0.2) is 48.5 Å². The van der Waals surface area contributed by atoms with E-state index >= 15 is 0 Å². The van der Waals surface area contributed by atoms with Gasteiger partial charge in [0.1, 0.15) is 17.3 Å². The number of halogens is 1. The van der Waals surface area contributed by atoms with Crippen molar-refractivity contribution < 1.29 is 13.9 Å². The molecule has 1 amide bonds. The number of ether oxygens (including phenoxy) is 1. The number of hydrogen-bond donors (Lipinski definition) is 1. The predicted octanol–water partition coefficient (Wildman–Crippen LogP) is 3.83. The minimum Gasteiger partial charge on any atom is -0.457 e. The molecule has 1 N–H and O–H groups in total. The van der Waals surface area contributed by atoms with Gasteiger partial charge in [0.25, 0.3) is 5.91 Å². The molecule has 3 saturated heterocycles. The zero-order valence-electron chi connectivity index (χ0n) is 14.8. The number of nitrogens with zero attached hydrogens (tertiary/aromatic N) is 1. The summed E-state index contributed by atoms with van der Waals surface area (Å²) >= 11 is 0. The second-order valence-electron chi connectivity index (χ2n) is 7.19. The maximum absolute atomic E-state index is 12.9. The number of carbonyl (C=O) groups is 1. The zero-order chi connectivity index (χ0) is 18.1. The quantitative estimate of drug-likeness (QED) is 0.907. The Labute approximate surface area is 153 Å². The lowest BCUT2D eigenvalue weighted by atomic mass is 9.79. The second-order valence-corrected chi connectivity index (χ2v) is 7.19. The second kappa shape index (κ2) is 7.08. The fourth-order valence-corrected chi connectivity index (χ4v) is 4.09. The van der Waals surface area contributed by atoms with Crippen LogP contribution in [0.5, 0.6) is 11.5 Å². The van der Waals surface area contributed by atoms with Crippen molar-refractivity contribution in [1.29, 1.82) is 0 Å². The van der Waals surface area contributed by atoms with E-state index in [1.54, 1.807) is 36.4 Å². The minimum absolute atomic E-state index is 0.0380. The van der Waals surface area contributed by atoms with Gasteiger partial charge in [-0.05, 0) is 87.3 Å². The average molecular weight is 354 g/mol. The van der Waals surface area contributed by atoms with Crippen molar-refractivity contribution >= 4 is 5.91 Å². The van der Waals surface area contributed by atoms with Gasteiger partial charge in [-0.2, -0.15) is 0 Å². The van der Waals surface area contributed by atoms with Crippen LogP contribution in [0.25, 0.3) is 0 Å². The van der Waals surface area contributed by atoms with Crippen molar-refractivity contribution in [2.75, 3.05) is 13.1 Å². The van der Waals surface area contributed by atoms with Crippen molar-refractivity contribution in [3.8, 4) is 11.5 Å². The highest BCUT2D eigenvalue weighted by Crippen LogP contribution is 2.32. The van der Waals surface area contributed by atoms with E-state index in [4.69, 9.17) is 4.74 Å². The van der Waals surface area contributed by atoms with Crippen LogP contribution in [0.2, 0.25) is 0 Å². The largest absolute Gasteiger partial charge is 0.457 e. The fraction of sp³-hybridized carbons (Fsp3) is 0.381. The molecule has 2 unspecified atom stereocenters. The van der Waals surface area contributed by atoms with Crippen LogP contribution in [0.4, 0.5) is 4.39 Å². The van der Waals surface area contributed by atoms with Crippen LogP contribution in [0.1, 0.15) is 30.1 Å². The Morgan fingerprint density at radius 1 is 1.04 bits per heavy atom. The Bertz CT molecular complexity index is 766. The first-order valence-electron chi connectivity index (χ1n) is 9.18. The van der Waals surface area contributed by atoms with Crippen LogP contribution in [-0.2, 0) is 0 Å². The lowest BCUT2D eigenvalue weighted by Crippen LogP contribution is -2.62. The molecule has 3 fully saturated rings. The molecule has 4 nitrogen and oxygen atoms in total. The van der Waals surface area contributed by atoms with Gasteiger partial charge in [0, 0.05) is 17.6 Å². The molecule has 5 rings (SSSR count). The first-order valence-corrected chi connectivity index (χ1v) is 9.18. The Hall–Kier alpha value is -2.40. The summed E-state index contributed by atoms with van der Waals surface area (Å²) in [6.07, 6.45) is 2.33. The number of piperidine rings is 3. The van der Waals surface area contributed by atoms with Gasteiger partial charge >= 0.3 is 0 Å². The molecule has 0 saturated carbocycles. The normalized spacial score (nSPS) is 27.2. The standard InChI is InChI=1S/C21H23FN2O2/c1-14-20(15-10-12-24(14)13-11-15)23-21(25)16-2-6-18(7-3-16)26-19-8-4-17(22)5-9-19/h2-9,14-15,20H,10-13H2,1H3,(H,23,25). The summed E-state index contributed by atoms with van der Waals surface area (Å²) in [4.78, 5) is 15.1. The van der Waals surface area contributed by atoms with Gasteiger partial charge in [0.05, 0.1) is 0 Å². The lowest BCUT2D eigenvalue weighted by molar-refractivity contribution is 0.0217. The zero-order valence-corrected chi connectivity index (χ0v) is 14.8. The third-order valence-corrected chi connectivity index (χ3v) is 5.64. The Morgan fingerprint density at radius 2 is 1.62 bits per heavy atom. The maximum atomic E-state index is 12.9. The van der Waals surface area contributed by atoms with E-state index in [2.05, 4.69) is 17.1 Å². The van der Waals surface area contributed by atoms with Gasteiger partial charge in [-0.25, -0.2) is 4.39 Å². The van der Waals surface area contributed by atoms with Gasteiger partial charge in [-0.15, -0.1) is 0 Å². The Kier molecular flexibility index (Phi) is 4.64. The van der Waals surface area contributed by atoms with Crippen molar-refractivity contribution in [3.05, 3.63) is 59.9 Å². The average Bonchev–Trinajstić information content (AvgIpc) is 2.67. The number of benzene rings is 2. The smallest absolute Gasteiger partial charge is 0.251 e. The molecule has 5 heteroatoms. The number of amides is 1. The maximum Gasteiger partial charge on any atom is 0.251 e. The summed E-state index contributed by atoms with van der Waals surface area (Å²) in [7, 11) is 0. The molecule has 3 heterocycles. The SMILES string of the molecule is CC1C(NC(=O)c2ccc(Oc3ccc(F)cc3)cc2)C2CCN1CC2. The molecular weight excluding hydrogens is 331 g/mol. The summed E-state index contributed by atoms with van der Waals surface area (Å²) < 4.78 is 18.6. The van der Waals surface area contributed by atoms with Gasteiger partial charge in [-0.1, -0.05) is 0 Å². The molecule has 2 aromatic carbocycles. The van der Waals surface area contributed by atoms with Crippen LogP contribution in [-0.4, -0.2) is 36.0 Å². The molecule has 2 atom stereocenters. The molecular formula is C21H23FN2O2. The molecule has 0 radical (unpaired) electrons. The van der Waals surface area contributed by atoms with Crippen LogP contribution in [0.3, 0.4) is 0 Å². The van der Waals surface area contributed by atoms with Crippen molar-refractivity contribution in [3.63, 3.8) is 0 Å². The number of nitrogens with one attached hydrogen (secondary N) is 1. The van der Waals surface area contributed by atoms with E-state index < -0.39 is 0 Å². The van der Waals surface area contributed by atoms with Gasteiger partial charge in [0.2, 0.25) is 0 Å². The molecule has 2 bridgehead atoms. The van der Waals surface area contributed by atoms with Crippen molar-refractivity contribution in [2.45, 2.75) is 31.8 Å². The van der Waals surface area contributed by atoms with E-state index in [1.165, 1.54) is 25.0 Å². The minimum atomic E-state index is -0.300. The lowest BCUT2D eigenvalue weighted by Gasteiger charge is -2.49. The van der Waals surface area contributed by atoms with Crippen LogP contribution in [0, 0.1) is 11.7 Å². The molecule has 136 valence electrons. The number of carbonyl (C=O) groups excluding carboxylic acids is 1. The first kappa shape index (κ1) is 17.0. The molecule has 2 aromatic rings. The van der Waals surface area contributed by atoms with E-state index in [0.717, 1.165) is 13.1 Å². The molecule has 0 spiro atoms. The van der Waals surface area contributed by atoms with Crippen molar-refractivity contribution in [1.82, 2.24) is 10.2 Å². The first-order chi connectivity index (χ1) is 12.6. The summed E-state index contributed by atoms with van der Waals surface area (Å²) in [5.74, 6) is 1.42.